The fraction of sp³-hybridized carbons (Fsp3) is 0.684. The molecule has 0 atom stereocenters. The summed E-state index contributed by atoms with van der Waals surface area (Å²) < 4.78 is 0. The molecule has 1 aromatic carbocycles. The SMILES string of the molecule is CCNCCc1ccc(CN2CCC(CC)(CC)C2)cc1. The third kappa shape index (κ3) is 4.55. The van der Waals surface area contributed by atoms with E-state index in [1.54, 1.807) is 0 Å². The summed E-state index contributed by atoms with van der Waals surface area (Å²) in [6, 6.07) is 9.24. The number of hydrogen-bond acceptors (Lipinski definition) is 2. The molecule has 118 valence electrons. The largest absolute Gasteiger partial charge is 0.317 e. The zero-order valence-corrected chi connectivity index (χ0v) is 14.1. The molecule has 0 amide bonds. The molecule has 0 saturated carbocycles. The number of hydrogen-bond donors (Lipinski definition) is 1. The molecule has 1 heterocycles. The van der Waals surface area contributed by atoms with Crippen molar-refractivity contribution in [2.24, 2.45) is 5.41 Å². The molecule has 21 heavy (non-hydrogen) atoms. The highest BCUT2D eigenvalue weighted by Gasteiger charge is 2.34. The Balaban J connectivity index is 1.84. The molecule has 0 radical (unpaired) electrons. The van der Waals surface area contributed by atoms with Crippen molar-refractivity contribution in [3.63, 3.8) is 0 Å². The van der Waals surface area contributed by atoms with Gasteiger partial charge in [0.1, 0.15) is 0 Å². The van der Waals surface area contributed by atoms with E-state index in [4.69, 9.17) is 0 Å². The van der Waals surface area contributed by atoms with E-state index in [2.05, 4.69) is 55.3 Å². The van der Waals surface area contributed by atoms with Gasteiger partial charge in [-0.3, -0.25) is 4.90 Å². The summed E-state index contributed by atoms with van der Waals surface area (Å²) >= 11 is 0. The summed E-state index contributed by atoms with van der Waals surface area (Å²) in [7, 11) is 0. The monoisotopic (exact) mass is 288 g/mol. The van der Waals surface area contributed by atoms with Crippen LogP contribution in [0.1, 0.15) is 51.2 Å². The van der Waals surface area contributed by atoms with Crippen molar-refractivity contribution < 1.29 is 0 Å². The zero-order chi connectivity index (χ0) is 15.1. The molecule has 1 fully saturated rings. The van der Waals surface area contributed by atoms with Crippen LogP contribution in [0.4, 0.5) is 0 Å². The van der Waals surface area contributed by atoms with Crippen LogP contribution in [0, 0.1) is 5.41 Å². The highest BCUT2D eigenvalue weighted by molar-refractivity contribution is 5.23. The van der Waals surface area contributed by atoms with Crippen LogP contribution >= 0.6 is 0 Å². The molecule has 1 aromatic rings. The Bertz CT molecular complexity index is 406. The molecule has 1 aliphatic heterocycles. The van der Waals surface area contributed by atoms with E-state index in [0.29, 0.717) is 5.41 Å². The minimum absolute atomic E-state index is 0.589. The molecule has 0 aromatic heterocycles. The molecular formula is C19H32N2. The van der Waals surface area contributed by atoms with Crippen molar-refractivity contribution in [1.29, 1.82) is 0 Å². The van der Waals surface area contributed by atoms with Gasteiger partial charge in [0.15, 0.2) is 0 Å². The van der Waals surface area contributed by atoms with E-state index in [0.717, 1.165) is 26.1 Å². The lowest BCUT2D eigenvalue weighted by molar-refractivity contribution is 0.236. The topological polar surface area (TPSA) is 15.3 Å². The first kappa shape index (κ1) is 16.5. The van der Waals surface area contributed by atoms with Gasteiger partial charge in [-0.25, -0.2) is 0 Å². The fourth-order valence-electron chi connectivity index (χ4n) is 3.47. The van der Waals surface area contributed by atoms with Gasteiger partial charge in [0, 0.05) is 13.1 Å². The summed E-state index contributed by atoms with van der Waals surface area (Å²) in [5, 5.41) is 3.38. The minimum Gasteiger partial charge on any atom is -0.317 e. The average molecular weight is 288 g/mol. The van der Waals surface area contributed by atoms with Crippen LogP contribution in [0.2, 0.25) is 0 Å². The standard InChI is InChI=1S/C19H32N2/c1-4-19(5-2)12-14-21(16-19)15-18-9-7-17(8-10-18)11-13-20-6-3/h7-10,20H,4-6,11-16H2,1-3H3. The fourth-order valence-corrected chi connectivity index (χ4v) is 3.47. The summed E-state index contributed by atoms with van der Waals surface area (Å²) in [6.07, 6.45) is 5.15. The molecule has 0 aliphatic carbocycles. The maximum Gasteiger partial charge on any atom is 0.0233 e. The molecule has 2 heteroatoms. The molecular weight excluding hydrogens is 256 g/mol. The Hall–Kier alpha value is -0.860. The smallest absolute Gasteiger partial charge is 0.0233 e. The number of rotatable bonds is 8. The number of benzene rings is 1. The second-order valence-electron chi connectivity index (χ2n) is 6.59. The summed E-state index contributed by atoms with van der Waals surface area (Å²) in [5.74, 6) is 0. The first-order valence-electron chi connectivity index (χ1n) is 8.72. The predicted octanol–water partition coefficient (Wildman–Crippen LogP) is 3.85. The van der Waals surface area contributed by atoms with Crippen LogP contribution in [0.3, 0.4) is 0 Å². The highest BCUT2D eigenvalue weighted by atomic mass is 15.2. The zero-order valence-electron chi connectivity index (χ0n) is 14.1. The molecule has 1 N–H and O–H groups in total. The van der Waals surface area contributed by atoms with Crippen molar-refractivity contribution in [2.45, 2.75) is 53.0 Å². The average Bonchev–Trinajstić information content (AvgIpc) is 2.93. The van der Waals surface area contributed by atoms with Crippen molar-refractivity contribution >= 4 is 0 Å². The summed E-state index contributed by atoms with van der Waals surface area (Å²) in [6.45, 7) is 12.7. The molecule has 0 unspecified atom stereocenters. The lowest BCUT2D eigenvalue weighted by Gasteiger charge is -2.26. The first-order valence-corrected chi connectivity index (χ1v) is 8.72. The van der Waals surface area contributed by atoms with Crippen LogP contribution in [0.25, 0.3) is 0 Å². The molecule has 1 saturated heterocycles. The van der Waals surface area contributed by atoms with Crippen molar-refractivity contribution in [2.75, 3.05) is 26.2 Å². The normalized spacial score (nSPS) is 18.2. The number of nitrogens with one attached hydrogen (secondary N) is 1. The highest BCUT2D eigenvalue weighted by Crippen LogP contribution is 2.37. The van der Waals surface area contributed by atoms with Gasteiger partial charge in [0.25, 0.3) is 0 Å². The number of likely N-dealkylation sites (tertiary alicyclic amines) is 1. The predicted molar refractivity (Wildman–Crippen MR) is 91.6 cm³/mol. The Kier molecular flexibility index (Phi) is 6.25. The van der Waals surface area contributed by atoms with Crippen molar-refractivity contribution in [3.05, 3.63) is 35.4 Å². The van der Waals surface area contributed by atoms with E-state index < -0.39 is 0 Å². The Morgan fingerprint density at radius 1 is 1.05 bits per heavy atom. The van der Waals surface area contributed by atoms with Crippen LogP contribution in [0.15, 0.2) is 24.3 Å². The lowest BCUT2D eigenvalue weighted by atomic mass is 9.82. The quantitative estimate of drug-likeness (QED) is 0.731. The van der Waals surface area contributed by atoms with E-state index in [1.807, 2.05) is 0 Å². The van der Waals surface area contributed by atoms with Crippen LogP contribution in [-0.4, -0.2) is 31.1 Å². The van der Waals surface area contributed by atoms with Crippen molar-refractivity contribution in [1.82, 2.24) is 10.2 Å². The third-order valence-corrected chi connectivity index (χ3v) is 5.29. The minimum atomic E-state index is 0.589. The van der Waals surface area contributed by atoms with Gasteiger partial charge in [-0.1, -0.05) is 45.0 Å². The molecule has 1 aliphatic rings. The maximum atomic E-state index is 3.38. The van der Waals surface area contributed by atoms with Crippen LogP contribution in [0.5, 0.6) is 0 Å². The molecule has 0 bridgehead atoms. The summed E-state index contributed by atoms with van der Waals surface area (Å²) in [5.41, 5.74) is 3.49. The molecule has 2 rings (SSSR count). The summed E-state index contributed by atoms with van der Waals surface area (Å²) in [4.78, 5) is 2.64. The van der Waals surface area contributed by atoms with Gasteiger partial charge in [0.05, 0.1) is 0 Å². The van der Waals surface area contributed by atoms with E-state index in [9.17, 15) is 0 Å². The number of nitrogens with zero attached hydrogens (tertiary/aromatic N) is 1. The van der Waals surface area contributed by atoms with Gasteiger partial charge >= 0.3 is 0 Å². The second kappa shape index (κ2) is 7.95. The Labute approximate surface area is 130 Å². The van der Waals surface area contributed by atoms with Crippen LogP contribution in [-0.2, 0) is 13.0 Å². The lowest BCUT2D eigenvalue weighted by Crippen LogP contribution is -2.26. The Morgan fingerprint density at radius 2 is 1.71 bits per heavy atom. The van der Waals surface area contributed by atoms with Gasteiger partial charge in [-0.2, -0.15) is 0 Å². The molecule has 2 nitrogen and oxygen atoms in total. The van der Waals surface area contributed by atoms with Gasteiger partial charge in [0.2, 0.25) is 0 Å². The van der Waals surface area contributed by atoms with Gasteiger partial charge < -0.3 is 5.32 Å². The number of likely N-dealkylation sites (N-methyl/N-ethyl adjacent to an activating group) is 1. The first-order chi connectivity index (χ1) is 10.2. The van der Waals surface area contributed by atoms with E-state index in [-0.39, 0.29) is 0 Å². The second-order valence-corrected chi connectivity index (χ2v) is 6.59. The van der Waals surface area contributed by atoms with Crippen LogP contribution < -0.4 is 5.32 Å². The van der Waals surface area contributed by atoms with Gasteiger partial charge in [-0.05, 0) is 61.9 Å². The molecule has 0 spiro atoms. The van der Waals surface area contributed by atoms with E-state index >= 15 is 0 Å². The van der Waals surface area contributed by atoms with E-state index in [1.165, 1.54) is 43.5 Å². The third-order valence-electron chi connectivity index (χ3n) is 5.29. The van der Waals surface area contributed by atoms with Crippen molar-refractivity contribution in [3.8, 4) is 0 Å². The Morgan fingerprint density at radius 3 is 2.29 bits per heavy atom. The van der Waals surface area contributed by atoms with Gasteiger partial charge in [-0.15, -0.1) is 0 Å². The maximum absolute atomic E-state index is 3.38.